The van der Waals surface area contributed by atoms with Crippen LogP contribution in [0.4, 0.5) is 0 Å². The highest BCUT2D eigenvalue weighted by atomic mass is 14.6. The Bertz CT molecular complexity index is 433. The number of rotatable bonds is 0. The van der Waals surface area contributed by atoms with E-state index < -0.39 is 0 Å². The third-order valence-electron chi connectivity index (χ3n) is 8.04. The van der Waals surface area contributed by atoms with E-state index in [-0.39, 0.29) is 0 Å². The number of fused-ring (bicyclic) bond motifs is 5. The Morgan fingerprint density at radius 2 is 1.95 bits per heavy atom. The lowest BCUT2D eigenvalue weighted by Gasteiger charge is -2.59. The molecule has 0 aromatic heterocycles. The highest BCUT2D eigenvalue weighted by Crippen LogP contribution is 2.66. The molecule has 0 aromatic carbocycles. The van der Waals surface area contributed by atoms with Gasteiger partial charge in [-0.05, 0) is 79.4 Å². The smallest absolute Gasteiger partial charge is 0.00827 e. The molecular weight excluding hydrogens is 240 g/mol. The predicted molar refractivity (Wildman–Crippen MR) is 85.5 cm³/mol. The van der Waals surface area contributed by atoms with Gasteiger partial charge in [0.1, 0.15) is 0 Å². The van der Waals surface area contributed by atoms with Crippen LogP contribution in [-0.4, -0.2) is 0 Å². The Hall–Kier alpha value is -0.260. The largest absolute Gasteiger partial charge is 0.0845 e. The Balaban J connectivity index is 1.75. The first-order chi connectivity index (χ1) is 9.55. The molecule has 0 N–H and O–H groups in total. The van der Waals surface area contributed by atoms with Gasteiger partial charge in [-0.2, -0.15) is 0 Å². The van der Waals surface area contributed by atoms with E-state index >= 15 is 0 Å². The van der Waals surface area contributed by atoms with Gasteiger partial charge in [-0.3, -0.25) is 0 Å². The molecule has 3 fully saturated rings. The minimum absolute atomic E-state index is 0.574. The number of allylic oxidation sites excluding steroid dienone is 2. The third-order valence-corrected chi connectivity index (χ3v) is 8.04. The Morgan fingerprint density at radius 3 is 2.80 bits per heavy atom. The van der Waals surface area contributed by atoms with E-state index in [1.165, 1.54) is 57.8 Å². The zero-order chi connectivity index (χ0) is 14.0. The molecule has 3 saturated carbocycles. The summed E-state index contributed by atoms with van der Waals surface area (Å²) in [6.45, 7) is 7.86. The molecular formula is C20H32. The summed E-state index contributed by atoms with van der Waals surface area (Å²) in [4.78, 5) is 0. The summed E-state index contributed by atoms with van der Waals surface area (Å²) in [6.07, 6.45) is 16.0. The van der Waals surface area contributed by atoms with E-state index in [0.29, 0.717) is 10.8 Å². The highest BCUT2D eigenvalue weighted by Gasteiger charge is 2.57. The van der Waals surface area contributed by atoms with Gasteiger partial charge >= 0.3 is 0 Å². The second-order valence-corrected chi connectivity index (χ2v) is 9.11. The molecule has 0 amide bonds. The first-order valence-electron chi connectivity index (χ1n) is 9.24. The van der Waals surface area contributed by atoms with Crippen molar-refractivity contribution in [2.45, 2.75) is 78.6 Å². The van der Waals surface area contributed by atoms with Crippen LogP contribution in [0.1, 0.15) is 78.6 Å². The molecule has 0 aliphatic heterocycles. The Kier molecular flexibility index (Phi) is 2.93. The van der Waals surface area contributed by atoms with Gasteiger partial charge in [0.2, 0.25) is 0 Å². The molecule has 0 radical (unpaired) electrons. The van der Waals surface area contributed by atoms with Gasteiger partial charge in [0, 0.05) is 0 Å². The van der Waals surface area contributed by atoms with Gasteiger partial charge in [0.15, 0.2) is 0 Å². The van der Waals surface area contributed by atoms with Crippen molar-refractivity contribution in [3.05, 3.63) is 11.6 Å². The minimum Gasteiger partial charge on any atom is -0.0845 e. The number of hydrogen-bond donors (Lipinski definition) is 0. The van der Waals surface area contributed by atoms with Crippen molar-refractivity contribution >= 4 is 0 Å². The maximum absolute atomic E-state index is 2.71. The summed E-state index contributed by atoms with van der Waals surface area (Å²) in [7, 11) is 0. The molecule has 20 heavy (non-hydrogen) atoms. The van der Waals surface area contributed by atoms with Crippen LogP contribution in [0.5, 0.6) is 0 Å². The molecule has 112 valence electrons. The molecule has 0 saturated heterocycles. The van der Waals surface area contributed by atoms with E-state index in [4.69, 9.17) is 0 Å². The van der Waals surface area contributed by atoms with Crippen molar-refractivity contribution in [3.63, 3.8) is 0 Å². The predicted octanol–water partition coefficient (Wildman–Crippen LogP) is 5.98. The van der Waals surface area contributed by atoms with Crippen molar-refractivity contribution in [2.75, 3.05) is 0 Å². The Morgan fingerprint density at radius 1 is 1.10 bits per heavy atom. The molecule has 0 heteroatoms. The third kappa shape index (κ3) is 1.66. The van der Waals surface area contributed by atoms with Crippen molar-refractivity contribution in [1.82, 2.24) is 0 Å². The minimum atomic E-state index is 0.574. The monoisotopic (exact) mass is 272 g/mol. The number of hydrogen-bond acceptors (Lipinski definition) is 0. The SMILES string of the molecule is C[C@H]1C[C@]2(C)CCC[C@H]2[C@@H]2CC=C3CCCC[C@]3(C)[C@H]21. The maximum atomic E-state index is 2.71. The normalized spacial score (nSPS) is 54.6. The molecule has 0 unspecified atom stereocenters. The van der Waals surface area contributed by atoms with E-state index in [1.807, 2.05) is 5.57 Å². The zero-order valence-electron chi connectivity index (χ0n) is 13.8. The summed E-state index contributed by atoms with van der Waals surface area (Å²) in [5, 5.41) is 0. The van der Waals surface area contributed by atoms with Crippen LogP contribution < -0.4 is 0 Å². The summed E-state index contributed by atoms with van der Waals surface area (Å²) in [5.41, 5.74) is 3.13. The molecule has 0 nitrogen and oxygen atoms in total. The lowest BCUT2D eigenvalue weighted by Crippen LogP contribution is -2.51. The van der Waals surface area contributed by atoms with Crippen LogP contribution in [0.3, 0.4) is 0 Å². The lowest BCUT2D eigenvalue weighted by atomic mass is 9.45. The molecule has 4 aliphatic rings. The van der Waals surface area contributed by atoms with Gasteiger partial charge in [-0.25, -0.2) is 0 Å². The molecule has 0 bridgehead atoms. The molecule has 6 atom stereocenters. The van der Waals surface area contributed by atoms with Crippen molar-refractivity contribution in [3.8, 4) is 0 Å². The first kappa shape index (κ1) is 13.4. The average Bonchev–Trinajstić information content (AvgIpc) is 2.78. The van der Waals surface area contributed by atoms with Crippen LogP contribution >= 0.6 is 0 Å². The summed E-state index contributed by atoms with van der Waals surface area (Å²) in [5.74, 6) is 4.00. The van der Waals surface area contributed by atoms with E-state index in [9.17, 15) is 0 Å². The molecule has 0 aromatic rings. The van der Waals surface area contributed by atoms with Crippen molar-refractivity contribution < 1.29 is 0 Å². The zero-order valence-corrected chi connectivity index (χ0v) is 13.8. The van der Waals surface area contributed by atoms with E-state index in [0.717, 1.165) is 23.7 Å². The van der Waals surface area contributed by atoms with Gasteiger partial charge in [-0.1, -0.05) is 45.3 Å². The van der Waals surface area contributed by atoms with E-state index in [1.54, 1.807) is 0 Å². The van der Waals surface area contributed by atoms with Crippen molar-refractivity contribution in [2.24, 2.45) is 34.5 Å². The van der Waals surface area contributed by atoms with Gasteiger partial charge < -0.3 is 0 Å². The molecule has 0 heterocycles. The standard InChI is InChI=1S/C20H32/c1-14-13-19(2)11-6-8-17(19)16-10-9-15-7-4-5-12-20(15,3)18(14)16/h9,14,16-18H,4-8,10-13H2,1-3H3/t14-,16-,17-,18-,19-,20-/m0/s1. The fraction of sp³-hybridized carbons (Fsp3) is 0.900. The van der Waals surface area contributed by atoms with Gasteiger partial charge in [0.05, 0.1) is 0 Å². The average molecular weight is 272 g/mol. The van der Waals surface area contributed by atoms with Gasteiger partial charge in [0.25, 0.3) is 0 Å². The molecule has 4 rings (SSSR count). The fourth-order valence-corrected chi connectivity index (χ4v) is 7.44. The van der Waals surface area contributed by atoms with Crippen molar-refractivity contribution in [1.29, 1.82) is 0 Å². The van der Waals surface area contributed by atoms with Crippen LogP contribution in [0, 0.1) is 34.5 Å². The first-order valence-corrected chi connectivity index (χ1v) is 9.24. The highest BCUT2D eigenvalue weighted by molar-refractivity contribution is 5.24. The van der Waals surface area contributed by atoms with E-state index in [2.05, 4.69) is 26.8 Å². The maximum Gasteiger partial charge on any atom is -0.00827 e. The second kappa shape index (κ2) is 4.37. The summed E-state index contributed by atoms with van der Waals surface area (Å²) in [6, 6.07) is 0. The second-order valence-electron chi connectivity index (χ2n) is 9.11. The Labute approximate surface area is 125 Å². The van der Waals surface area contributed by atoms with Crippen LogP contribution in [-0.2, 0) is 0 Å². The van der Waals surface area contributed by atoms with Gasteiger partial charge in [-0.15, -0.1) is 0 Å². The van der Waals surface area contributed by atoms with Crippen LogP contribution in [0.15, 0.2) is 11.6 Å². The lowest BCUT2D eigenvalue weighted by molar-refractivity contribution is -0.0621. The van der Waals surface area contributed by atoms with Crippen LogP contribution in [0.2, 0.25) is 0 Å². The molecule has 0 spiro atoms. The summed E-state index contributed by atoms with van der Waals surface area (Å²) < 4.78 is 0. The summed E-state index contributed by atoms with van der Waals surface area (Å²) >= 11 is 0. The van der Waals surface area contributed by atoms with Crippen LogP contribution in [0.25, 0.3) is 0 Å². The molecule has 4 aliphatic carbocycles. The fourth-order valence-electron chi connectivity index (χ4n) is 7.44. The quantitative estimate of drug-likeness (QED) is 0.476. The topological polar surface area (TPSA) is 0 Å².